The number of carbonyl (C=O) groups excluding carboxylic acids is 3. The summed E-state index contributed by atoms with van der Waals surface area (Å²) in [6.07, 6.45) is 6.14. The molecule has 1 N–H and O–H groups in total. The van der Waals surface area contributed by atoms with E-state index in [1.807, 2.05) is 0 Å². The molecule has 0 radical (unpaired) electrons. The van der Waals surface area contributed by atoms with Gasteiger partial charge in [-0.1, -0.05) is 12.1 Å². The Morgan fingerprint density at radius 1 is 0.963 bits per heavy atom. The molecule has 1 aliphatic rings. The van der Waals surface area contributed by atoms with Crippen molar-refractivity contribution < 1.29 is 18.8 Å². The first-order valence-electron chi connectivity index (χ1n) is 8.69. The lowest BCUT2D eigenvalue weighted by Gasteiger charge is -2.34. The molecule has 1 aliphatic heterocycles. The SMILES string of the molecule is CNC(=O)c1ccc(/C=C/C(=O)N2CCN(C(=O)c3ccoc3)CC2)cc1. The summed E-state index contributed by atoms with van der Waals surface area (Å²) in [6, 6.07) is 8.64. The molecule has 1 aromatic heterocycles. The Morgan fingerprint density at radius 3 is 2.22 bits per heavy atom. The first-order valence-corrected chi connectivity index (χ1v) is 8.69. The van der Waals surface area contributed by atoms with E-state index in [0.717, 1.165) is 5.56 Å². The van der Waals surface area contributed by atoms with E-state index in [4.69, 9.17) is 4.42 Å². The predicted molar refractivity (Wildman–Crippen MR) is 100 cm³/mol. The van der Waals surface area contributed by atoms with Crippen molar-refractivity contribution in [2.24, 2.45) is 0 Å². The third-order valence-electron chi connectivity index (χ3n) is 4.46. The number of piperazine rings is 1. The van der Waals surface area contributed by atoms with Crippen LogP contribution >= 0.6 is 0 Å². The van der Waals surface area contributed by atoms with Gasteiger partial charge in [0.2, 0.25) is 5.91 Å². The summed E-state index contributed by atoms with van der Waals surface area (Å²) < 4.78 is 4.94. The van der Waals surface area contributed by atoms with E-state index in [2.05, 4.69) is 5.32 Å². The van der Waals surface area contributed by atoms with Crippen LogP contribution in [0.2, 0.25) is 0 Å². The van der Waals surface area contributed by atoms with Crippen LogP contribution in [0.1, 0.15) is 26.3 Å². The zero-order chi connectivity index (χ0) is 19.2. The number of nitrogens with one attached hydrogen (secondary N) is 1. The Morgan fingerprint density at radius 2 is 1.63 bits per heavy atom. The van der Waals surface area contributed by atoms with E-state index in [9.17, 15) is 14.4 Å². The standard InChI is InChI=1S/C20H21N3O4/c1-21-19(25)16-5-2-15(3-6-16)4-7-18(24)22-9-11-23(12-10-22)20(26)17-8-13-27-14-17/h2-8,13-14H,9-12H2,1H3,(H,21,25)/b7-4+. The van der Waals surface area contributed by atoms with Gasteiger partial charge in [0.15, 0.2) is 0 Å². The van der Waals surface area contributed by atoms with Gasteiger partial charge in [-0.05, 0) is 29.8 Å². The Labute approximate surface area is 157 Å². The van der Waals surface area contributed by atoms with Gasteiger partial charge in [-0.2, -0.15) is 0 Å². The van der Waals surface area contributed by atoms with Crippen LogP contribution in [0.25, 0.3) is 6.08 Å². The quantitative estimate of drug-likeness (QED) is 0.833. The lowest BCUT2D eigenvalue weighted by atomic mass is 10.1. The van der Waals surface area contributed by atoms with Gasteiger partial charge >= 0.3 is 0 Å². The minimum atomic E-state index is -0.149. The van der Waals surface area contributed by atoms with E-state index < -0.39 is 0 Å². The summed E-state index contributed by atoms with van der Waals surface area (Å²) in [5.74, 6) is -0.326. The van der Waals surface area contributed by atoms with Crippen molar-refractivity contribution in [2.75, 3.05) is 33.2 Å². The summed E-state index contributed by atoms with van der Waals surface area (Å²) in [5.41, 5.74) is 1.93. The third-order valence-corrected chi connectivity index (χ3v) is 4.46. The van der Waals surface area contributed by atoms with Crippen LogP contribution in [-0.4, -0.2) is 60.7 Å². The highest BCUT2D eigenvalue weighted by atomic mass is 16.3. The topological polar surface area (TPSA) is 82.9 Å². The second-order valence-corrected chi connectivity index (χ2v) is 6.16. The van der Waals surface area contributed by atoms with Crippen molar-refractivity contribution in [1.29, 1.82) is 0 Å². The fourth-order valence-electron chi connectivity index (χ4n) is 2.86. The van der Waals surface area contributed by atoms with Crippen molar-refractivity contribution >= 4 is 23.8 Å². The van der Waals surface area contributed by atoms with Gasteiger partial charge in [0.05, 0.1) is 11.8 Å². The number of amides is 3. The normalized spacial score (nSPS) is 14.4. The van der Waals surface area contributed by atoms with Gasteiger partial charge in [-0.3, -0.25) is 14.4 Å². The highest BCUT2D eigenvalue weighted by Crippen LogP contribution is 2.11. The van der Waals surface area contributed by atoms with Crippen LogP contribution in [0.4, 0.5) is 0 Å². The minimum absolute atomic E-state index is 0.0809. The van der Waals surface area contributed by atoms with Crippen molar-refractivity contribution in [2.45, 2.75) is 0 Å². The van der Waals surface area contributed by atoms with Crippen LogP contribution in [0.3, 0.4) is 0 Å². The number of carbonyl (C=O) groups is 3. The molecule has 0 saturated carbocycles. The molecule has 7 heteroatoms. The van der Waals surface area contributed by atoms with E-state index in [1.165, 1.54) is 18.6 Å². The highest BCUT2D eigenvalue weighted by molar-refractivity contribution is 5.95. The van der Waals surface area contributed by atoms with Crippen molar-refractivity contribution in [3.63, 3.8) is 0 Å². The molecule has 0 atom stereocenters. The molecule has 0 aliphatic carbocycles. The van der Waals surface area contributed by atoms with Gasteiger partial charge in [-0.15, -0.1) is 0 Å². The molecule has 0 unspecified atom stereocenters. The van der Waals surface area contributed by atoms with E-state index in [-0.39, 0.29) is 17.7 Å². The smallest absolute Gasteiger partial charge is 0.257 e. The monoisotopic (exact) mass is 367 g/mol. The van der Waals surface area contributed by atoms with Gasteiger partial charge in [0, 0.05) is 44.9 Å². The van der Waals surface area contributed by atoms with E-state index in [0.29, 0.717) is 37.3 Å². The van der Waals surface area contributed by atoms with Crippen molar-refractivity contribution in [3.05, 3.63) is 65.6 Å². The van der Waals surface area contributed by atoms with Crippen LogP contribution in [0.15, 0.2) is 53.4 Å². The van der Waals surface area contributed by atoms with Gasteiger partial charge in [-0.25, -0.2) is 0 Å². The van der Waals surface area contributed by atoms with Gasteiger partial charge in [0.25, 0.3) is 11.8 Å². The molecule has 0 bridgehead atoms. The Bertz CT molecular complexity index is 833. The van der Waals surface area contributed by atoms with Crippen LogP contribution < -0.4 is 5.32 Å². The lowest BCUT2D eigenvalue weighted by molar-refractivity contribution is -0.127. The van der Waals surface area contributed by atoms with E-state index >= 15 is 0 Å². The lowest BCUT2D eigenvalue weighted by Crippen LogP contribution is -2.50. The predicted octanol–water partition coefficient (Wildman–Crippen LogP) is 1.64. The summed E-state index contributed by atoms with van der Waals surface area (Å²) in [4.78, 5) is 39.6. The molecule has 2 heterocycles. The minimum Gasteiger partial charge on any atom is -0.472 e. The zero-order valence-corrected chi connectivity index (χ0v) is 15.1. The van der Waals surface area contributed by atoms with Gasteiger partial charge < -0.3 is 19.5 Å². The van der Waals surface area contributed by atoms with Crippen LogP contribution in [0.5, 0.6) is 0 Å². The average molecular weight is 367 g/mol. The Hall–Kier alpha value is -3.35. The van der Waals surface area contributed by atoms with Crippen LogP contribution in [-0.2, 0) is 4.79 Å². The highest BCUT2D eigenvalue weighted by Gasteiger charge is 2.24. The van der Waals surface area contributed by atoms with Crippen molar-refractivity contribution in [3.8, 4) is 0 Å². The third kappa shape index (κ3) is 4.44. The summed E-state index contributed by atoms with van der Waals surface area (Å²) >= 11 is 0. The Balaban J connectivity index is 1.52. The summed E-state index contributed by atoms with van der Waals surface area (Å²) in [7, 11) is 1.58. The number of hydrogen-bond donors (Lipinski definition) is 1. The number of rotatable bonds is 4. The molecule has 27 heavy (non-hydrogen) atoms. The molecule has 0 spiro atoms. The molecule has 2 aromatic rings. The largest absolute Gasteiger partial charge is 0.472 e. The molecule has 7 nitrogen and oxygen atoms in total. The molecule has 3 amide bonds. The second-order valence-electron chi connectivity index (χ2n) is 6.16. The molecular formula is C20H21N3O4. The molecule has 1 aromatic carbocycles. The maximum absolute atomic E-state index is 12.4. The molecule has 3 rings (SSSR count). The van der Waals surface area contributed by atoms with Crippen molar-refractivity contribution in [1.82, 2.24) is 15.1 Å². The first-order chi connectivity index (χ1) is 13.1. The second kappa shape index (κ2) is 8.35. The number of hydrogen-bond acceptors (Lipinski definition) is 4. The van der Waals surface area contributed by atoms with E-state index in [1.54, 1.807) is 53.3 Å². The zero-order valence-electron chi connectivity index (χ0n) is 15.1. The van der Waals surface area contributed by atoms with Crippen LogP contribution in [0, 0.1) is 0 Å². The number of nitrogens with zero attached hydrogens (tertiary/aromatic N) is 2. The summed E-state index contributed by atoms with van der Waals surface area (Å²) in [5, 5.41) is 2.56. The fraction of sp³-hybridized carbons (Fsp3) is 0.250. The molecule has 1 fully saturated rings. The number of furan rings is 1. The molecular weight excluding hydrogens is 346 g/mol. The maximum Gasteiger partial charge on any atom is 0.257 e. The molecule has 1 saturated heterocycles. The Kier molecular flexibility index (Phi) is 5.71. The summed E-state index contributed by atoms with van der Waals surface area (Å²) in [6.45, 7) is 1.96. The maximum atomic E-state index is 12.4. The average Bonchev–Trinajstić information content (AvgIpc) is 3.26. The first kappa shape index (κ1) is 18.4. The fourth-order valence-corrected chi connectivity index (χ4v) is 2.86. The number of benzene rings is 1. The van der Waals surface area contributed by atoms with Gasteiger partial charge in [0.1, 0.15) is 6.26 Å². The molecule has 140 valence electrons.